The van der Waals surface area contributed by atoms with Crippen LogP contribution in [0.5, 0.6) is 0 Å². The average Bonchev–Trinajstić information content (AvgIpc) is 2.72. The van der Waals surface area contributed by atoms with Crippen molar-refractivity contribution in [2.75, 3.05) is 30.8 Å². The van der Waals surface area contributed by atoms with E-state index in [-0.39, 0.29) is 0 Å². The van der Waals surface area contributed by atoms with Gasteiger partial charge < -0.3 is 15.8 Å². The summed E-state index contributed by atoms with van der Waals surface area (Å²) < 4.78 is 7.00. The number of nitrogens with zero attached hydrogens (tertiary/aromatic N) is 2. The minimum Gasteiger partial charge on any atom is -0.394 e. The van der Waals surface area contributed by atoms with Crippen LogP contribution in [0.1, 0.15) is 6.42 Å². The Balaban J connectivity index is 1.87. The van der Waals surface area contributed by atoms with Gasteiger partial charge in [0.05, 0.1) is 12.3 Å². The summed E-state index contributed by atoms with van der Waals surface area (Å²) in [4.78, 5) is 0. The van der Waals surface area contributed by atoms with Gasteiger partial charge in [0.15, 0.2) is 5.82 Å². The molecule has 1 fully saturated rings. The number of anilines is 2. The Hall–Kier alpha value is -1.23. The molecule has 1 aromatic heterocycles. The fourth-order valence-corrected chi connectivity index (χ4v) is 1.63. The molecule has 1 saturated heterocycles. The van der Waals surface area contributed by atoms with Crippen LogP contribution in [0.25, 0.3) is 0 Å². The van der Waals surface area contributed by atoms with E-state index < -0.39 is 0 Å². The zero-order valence-corrected chi connectivity index (χ0v) is 8.36. The normalized spacial score (nSPS) is 21.4. The lowest BCUT2D eigenvalue weighted by molar-refractivity contribution is 0.187. The van der Waals surface area contributed by atoms with Crippen molar-refractivity contribution in [3.8, 4) is 0 Å². The molecule has 5 heteroatoms. The summed E-state index contributed by atoms with van der Waals surface area (Å²) in [7, 11) is 1.86. The molecule has 3 N–H and O–H groups in total. The standard InChI is InChI=1S/C9H16N4O/c1-13-5-8(10)9(12-13)11-4-7-2-3-14-6-7/h5,7H,2-4,6,10H2,1H3,(H,11,12). The first kappa shape index (κ1) is 9.33. The highest BCUT2D eigenvalue weighted by Crippen LogP contribution is 2.17. The van der Waals surface area contributed by atoms with Gasteiger partial charge in [0.1, 0.15) is 0 Å². The number of rotatable bonds is 3. The molecule has 0 aliphatic carbocycles. The van der Waals surface area contributed by atoms with Crippen molar-refractivity contribution in [1.82, 2.24) is 9.78 Å². The van der Waals surface area contributed by atoms with Gasteiger partial charge >= 0.3 is 0 Å². The third-order valence-corrected chi connectivity index (χ3v) is 2.44. The maximum absolute atomic E-state index is 5.75. The van der Waals surface area contributed by atoms with Crippen molar-refractivity contribution in [2.24, 2.45) is 13.0 Å². The summed E-state index contributed by atoms with van der Waals surface area (Å²) >= 11 is 0. The van der Waals surface area contributed by atoms with Crippen LogP contribution >= 0.6 is 0 Å². The number of hydrogen-bond donors (Lipinski definition) is 2. The second kappa shape index (κ2) is 3.88. The predicted octanol–water partition coefficient (Wildman–Crippen LogP) is 0.451. The van der Waals surface area contributed by atoms with Crippen molar-refractivity contribution in [3.63, 3.8) is 0 Å². The van der Waals surface area contributed by atoms with Crippen LogP contribution in [0.15, 0.2) is 6.20 Å². The minimum atomic E-state index is 0.594. The lowest BCUT2D eigenvalue weighted by Crippen LogP contribution is -2.15. The Morgan fingerprint density at radius 2 is 2.64 bits per heavy atom. The fraction of sp³-hybridized carbons (Fsp3) is 0.667. The molecule has 2 heterocycles. The van der Waals surface area contributed by atoms with E-state index in [4.69, 9.17) is 10.5 Å². The highest BCUT2D eigenvalue weighted by Gasteiger charge is 2.16. The molecule has 0 radical (unpaired) electrons. The van der Waals surface area contributed by atoms with Gasteiger partial charge in [-0.25, -0.2) is 0 Å². The number of ether oxygens (including phenoxy) is 1. The maximum atomic E-state index is 5.75. The number of aromatic nitrogens is 2. The van der Waals surface area contributed by atoms with Gasteiger partial charge in [0.2, 0.25) is 0 Å². The Kier molecular flexibility index (Phi) is 2.58. The summed E-state index contributed by atoms with van der Waals surface area (Å²) in [5.41, 5.74) is 6.45. The van der Waals surface area contributed by atoms with Gasteiger partial charge in [-0.15, -0.1) is 0 Å². The van der Waals surface area contributed by atoms with Crippen molar-refractivity contribution in [3.05, 3.63) is 6.20 Å². The van der Waals surface area contributed by atoms with Crippen LogP contribution in [0.4, 0.5) is 11.5 Å². The summed E-state index contributed by atoms with van der Waals surface area (Å²) in [6, 6.07) is 0. The van der Waals surface area contributed by atoms with Crippen LogP contribution in [0, 0.1) is 5.92 Å². The van der Waals surface area contributed by atoms with Crippen molar-refractivity contribution in [1.29, 1.82) is 0 Å². The molecular weight excluding hydrogens is 180 g/mol. The zero-order chi connectivity index (χ0) is 9.97. The monoisotopic (exact) mass is 196 g/mol. The number of nitrogens with one attached hydrogen (secondary N) is 1. The molecule has 0 saturated carbocycles. The van der Waals surface area contributed by atoms with Gasteiger partial charge in [-0.3, -0.25) is 4.68 Å². The third-order valence-electron chi connectivity index (χ3n) is 2.44. The van der Waals surface area contributed by atoms with E-state index >= 15 is 0 Å². The van der Waals surface area contributed by atoms with Gasteiger partial charge in [-0.2, -0.15) is 5.10 Å². The molecule has 5 nitrogen and oxygen atoms in total. The average molecular weight is 196 g/mol. The fourth-order valence-electron chi connectivity index (χ4n) is 1.63. The second-order valence-electron chi connectivity index (χ2n) is 3.72. The summed E-state index contributed by atoms with van der Waals surface area (Å²) in [6.07, 6.45) is 2.92. The van der Waals surface area contributed by atoms with E-state index in [1.54, 1.807) is 10.9 Å². The molecule has 2 rings (SSSR count). The molecule has 14 heavy (non-hydrogen) atoms. The Morgan fingerprint density at radius 1 is 1.79 bits per heavy atom. The topological polar surface area (TPSA) is 65.1 Å². The van der Waals surface area contributed by atoms with Gasteiger partial charge in [0.25, 0.3) is 0 Å². The second-order valence-corrected chi connectivity index (χ2v) is 3.72. The van der Waals surface area contributed by atoms with Gasteiger partial charge in [0, 0.05) is 32.3 Å². The molecule has 0 amide bonds. The Labute approximate surface area is 83.2 Å². The van der Waals surface area contributed by atoms with Crippen molar-refractivity contribution < 1.29 is 4.74 Å². The minimum absolute atomic E-state index is 0.594. The van der Waals surface area contributed by atoms with Crippen LogP contribution in [0.3, 0.4) is 0 Å². The van der Waals surface area contributed by atoms with Gasteiger partial charge in [-0.05, 0) is 6.42 Å². The molecule has 1 aliphatic rings. The smallest absolute Gasteiger partial charge is 0.171 e. The molecule has 1 atom stereocenters. The highest BCUT2D eigenvalue weighted by atomic mass is 16.5. The summed E-state index contributed by atoms with van der Waals surface area (Å²) in [5.74, 6) is 1.37. The molecule has 78 valence electrons. The number of aryl methyl sites for hydroxylation is 1. The maximum Gasteiger partial charge on any atom is 0.171 e. The Morgan fingerprint density at radius 3 is 3.21 bits per heavy atom. The predicted molar refractivity (Wildman–Crippen MR) is 55.0 cm³/mol. The summed E-state index contributed by atoms with van der Waals surface area (Å²) in [5, 5.41) is 7.45. The SMILES string of the molecule is Cn1cc(N)c(NCC2CCOC2)n1. The Bertz CT molecular complexity index is 304. The van der Waals surface area contributed by atoms with E-state index in [0.717, 1.165) is 32.0 Å². The first-order valence-corrected chi connectivity index (χ1v) is 4.86. The van der Waals surface area contributed by atoms with E-state index in [9.17, 15) is 0 Å². The quantitative estimate of drug-likeness (QED) is 0.736. The summed E-state index contributed by atoms with van der Waals surface area (Å²) in [6.45, 7) is 2.62. The lowest BCUT2D eigenvalue weighted by atomic mass is 10.1. The number of hydrogen-bond acceptors (Lipinski definition) is 4. The largest absolute Gasteiger partial charge is 0.394 e. The van der Waals surface area contributed by atoms with Crippen LogP contribution in [-0.2, 0) is 11.8 Å². The molecule has 1 unspecified atom stereocenters. The zero-order valence-electron chi connectivity index (χ0n) is 8.36. The molecule has 0 bridgehead atoms. The lowest BCUT2D eigenvalue weighted by Gasteiger charge is -2.08. The van der Waals surface area contributed by atoms with Crippen molar-refractivity contribution in [2.45, 2.75) is 6.42 Å². The van der Waals surface area contributed by atoms with Crippen molar-refractivity contribution >= 4 is 11.5 Å². The third kappa shape index (κ3) is 1.98. The first-order chi connectivity index (χ1) is 6.75. The van der Waals surface area contributed by atoms with E-state index in [0.29, 0.717) is 11.6 Å². The molecule has 0 spiro atoms. The first-order valence-electron chi connectivity index (χ1n) is 4.86. The molecule has 1 aliphatic heterocycles. The number of nitrogens with two attached hydrogens (primary N) is 1. The highest BCUT2D eigenvalue weighted by molar-refractivity contribution is 5.59. The number of nitrogen functional groups attached to an aromatic ring is 1. The van der Waals surface area contributed by atoms with Crippen LogP contribution in [-0.4, -0.2) is 29.5 Å². The van der Waals surface area contributed by atoms with E-state index in [1.807, 2.05) is 7.05 Å². The molecule has 0 aromatic carbocycles. The molecule has 1 aromatic rings. The van der Waals surface area contributed by atoms with E-state index in [1.165, 1.54) is 0 Å². The molecular formula is C9H16N4O. The van der Waals surface area contributed by atoms with Crippen LogP contribution < -0.4 is 11.1 Å². The van der Waals surface area contributed by atoms with E-state index in [2.05, 4.69) is 10.4 Å². The van der Waals surface area contributed by atoms with Gasteiger partial charge in [-0.1, -0.05) is 0 Å². The van der Waals surface area contributed by atoms with Crippen LogP contribution in [0.2, 0.25) is 0 Å².